The minimum atomic E-state index is -0.601. The number of rotatable bonds is 2. The predicted octanol–water partition coefficient (Wildman–Crippen LogP) is 2.31. The number of amides is 1. The van der Waals surface area contributed by atoms with E-state index < -0.39 is 6.09 Å². The molecule has 1 heterocycles. The molecule has 1 amide bonds. The summed E-state index contributed by atoms with van der Waals surface area (Å²) in [4.78, 5) is 17.4. The fourth-order valence-electron chi connectivity index (χ4n) is 1.08. The van der Waals surface area contributed by atoms with Gasteiger partial charge in [0.1, 0.15) is 4.60 Å². The van der Waals surface area contributed by atoms with Gasteiger partial charge in [0.05, 0.1) is 6.20 Å². The molecule has 0 saturated heterocycles. The van der Waals surface area contributed by atoms with Gasteiger partial charge in [-0.3, -0.25) is 10.2 Å². The first kappa shape index (κ1) is 10.7. The van der Waals surface area contributed by atoms with Gasteiger partial charge in [-0.25, -0.2) is 4.79 Å². The van der Waals surface area contributed by atoms with Crippen LogP contribution in [0.1, 0.15) is 0 Å². The van der Waals surface area contributed by atoms with Crippen LogP contribution in [0.5, 0.6) is 0 Å². The van der Waals surface area contributed by atoms with Crippen molar-refractivity contribution in [2.75, 3.05) is 5.32 Å². The lowest BCUT2D eigenvalue weighted by Gasteiger charge is -2.05. The Hall–Kier alpha value is -1.82. The molecule has 1 aromatic heterocycles. The van der Waals surface area contributed by atoms with Gasteiger partial charge in [0, 0.05) is 5.69 Å². The summed E-state index contributed by atoms with van der Waals surface area (Å²) < 4.78 is 0.565. The highest BCUT2D eigenvalue weighted by Crippen LogP contribution is 2.07. The zero-order valence-corrected chi connectivity index (χ0v) is 9.72. The number of hydrogen-bond donors (Lipinski definition) is 1. The fourth-order valence-corrected chi connectivity index (χ4v) is 1.36. The zero-order valence-electron chi connectivity index (χ0n) is 8.13. The number of para-hydroxylation sites is 1. The molecule has 0 aliphatic rings. The Labute approximate surface area is 100 Å². The molecule has 0 spiro atoms. The molecule has 0 atom stereocenters. The standard InChI is InChI=1S/C10H8BrN3O2/c11-9-6-7-12-14(9)16-10(15)13-8-4-2-1-3-5-8/h1-7H,(H,13,15). The van der Waals surface area contributed by atoms with Crippen LogP contribution in [0.25, 0.3) is 0 Å². The summed E-state index contributed by atoms with van der Waals surface area (Å²) in [5.41, 5.74) is 0.663. The number of carbonyl (C=O) groups excluding carboxylic acids is 1. The molecule has 0 aliphatic heterocycles. The van der Waals surface area contributed by atoms with E-state index in [4.69, 9.17) is 4.84 Å². The van der Waals surface area contributed by atoms with Crippen molar-refractivity contribution in [3.63, 3.8) is 0 Å². The summed E-state index contributed by atoms with van der Waals surface area (Å²) in [5.74, 6) is 0. The van der Waals surface area contributed by atoms with Crippen LogP contribution < -0.4 is 10.2 Å². The Balaban J connectivity index is 1.98. The van der Waals surface area contributed by atoms with E-state index in [1.165, 1.54) is 6.20 Å². The Bertz CT molecular complexity index is 484. The molecule has 2 rings (SSSR count). The number of nitrogens with zero attached hydrogens (tertiary/aromatic N) is 2. The molecule has 5 nitrogen and oxygen atoms in total. The van der Waals surface area contributed by atoms with E-state index in [1.807, 2.05) is 18.2 Å². The van der Waals surface area contributed by atoms with Crippen LogP contribution in [0, 0.1) is 0 Å². The topological polar surface area (TPSA) is 56.1 Å². The Morgan fingerprint density at radius 2 is 2.06 bits per heavy atom. The Morgan fingerprint density at radius 1 is 1.31 bits per heavy atom. The molecule has 0 fully saturated rings. The monoisotopic (exact) mass is 281 g/mol. The molecule has 0 radical (unpaired) electrons. The number of halogens is 1. The van der Waals surface area contributed by atoms with Crippen molar-refractivity contribution >= 4 is 27.7 Å². The summed E-state index contributed by atoms with van der Waals surface area (Å²) in [5, 5.41) is 6.35. The molecule has 0 bridgehead atoms. The first-order valence-corrected chi connectivity index (χ1v) is 5.29. The first-order valence-electron chi connectivity index (χ1n) is 4.49. The van der Waals surface area contributed by atoms with Gasteiger partial charge in [0.15, 0.2) is 0 Å². The molecule has 16 heavy (non-hydrogen) atoms. The number of aromatic nitrogens is 2. The van der Waals surface area contributed by atoms with Gasteiger partial charge >= 0.3 is 6.09 Å². The lowest BCUT2D eigenvalue weighted by atomic mass is 10.3. The van der Waals surface area contributed by atoms with Gasteiger partial charge in [-0.05, 0) is 34.1 Å². The molecule has 6 heteroatoms. The maximum Gasteiger partial charge on any atom is 0.437 e. The van der Waals surface area contributed by atoms with Crippen molar-refractivity contribution in [3.8, 4) is 0 Å². The van der Waals surface area contributed by atoms with Gasteiger partial charge in [-0.2, -0.15) is 0 Å². The number of nitrogens with one attached hydrogen (secondary N) is 1. The highest BCUT2D eigenvalue weighted by atomic mass is 79.9. The molecule has 2 aromatic rings. The minimum absolute atomic E-state index is 0.565. The van der Waals surface area contributed by atoms with Crippen molar-refractivity contribution in [1.82, 2.24) is 9.94 Å². The third-order valence-electron chi connectivity index (χ3n) is 1.76. The number of anilines is 1. The van der Waals surface area contributed by atoms with Crippen LogP contribution in [0.2, 0.25) is 0 Å². The molecule has 0 aliphatic carbocycles. The molecule has 0 unspecified atom stereocenters. The fraction of sp³-hybridized carbons (Fsp3) is 0. The van der Waals surface area contributed by atoms with E-state index in [-0.39, 0.29) is 0 Å². The van der Waals surface area contributed by atoms with E-state index >= 15 is 0 Å². The largest absolute Gasteiger partial charge is 0.437 e. The molecule has 1 N–H and O–H groups in total. The smallest absolute Gasteiger partial charge is 0.298 e. The highest BCUT2D eigenvalue weighted by molar-refractivity contribution is 9.10. The van der Waals surface area contributed by atoms with Gasteiger partial charge in [-0.1, -0.05) is 23.0 Å². The number of benzene rings is 1. The molecule has 82 valence electrons. The van der Waals surface area contributed by atoms with E-state index in [1.54, 1.807) is 18.2 Å². The van der Waals surface area contributed by atoms with Gasteiger partial charge in [-0.15, -0.1) is 5.10 Å². The third-order valence-corrected chi connectivity index (χ3v) is 2.32. The zero-order chi connectivity index (χ0) is 11.4. The second kappa shape index (κ2) is 4.80. The minimum Gasteiger partial charge on any atom is -0.298 e. The second-order valence-electron chi connectivity index (χ2n) is 2.90. The lowest BCUT2D eigenvalue weighted by molar-refractivity contribution is 0.126. The van der Waals surface area contributed by atoms with Crippen LogP contribution in [-0.4, -0.2) is 16.0 Å². The summed E-state index contributed by atoms with van der Waals surface area (Å²) in [6.45, 7) is 0. The molecular weight excluding hydrogens is 274 g/mol. The molecular formula is C10H8BrN3O2. The van der Waals surface area contributed by atoms with Crippen molar-refractivity contribution in [1.29, 1.82) is 0 Å². The van der Waals surface area contributed by atoms with Gasteiger partial charge in [0.2, 0.25) is 0 Å². The van der Waals surface area contributed by atoms with Crippen molar-refractivity contribution in [2.24, 2.45) is 0 Å². The SMILES string of the molecule is O=C(Nc1ccccc1)On1nccc1Br. The maximum atomic E-state index is 11.4. The van der Waals surface area contributed by atoms with Gasteiger partial charge < -0.3 is 0 Å². The third kappa shape index (κ3) is 2.60. The molecule has 1 aromatic carbocycles. The predicted molar refractivity (Wildman–Crippen MR) is 62.0 cm³/mol. The average molecular weight is 282 g/mol. The summed E-state index contributed by atoms with van der Waals surface area (Å²) >= 11 is 3.18. The normalized spacial score (nSPS) is 9.81. The average Bonchev–Trinajstić information content (AvgIpc) is 2.66. The second-order valence-corrected chi connectivity index (χ2v) is 3.71. The summed E-state index contributed by atoms with van der Waals surface area (Å²) in [6.07, 6.45) is 0.912. The van der Waals surface area contributed by atoms with E-state index in [9.17, 15) is 4.79 Å². The van der Waals surface area contributed by atoms with Crippen molar-refractivity contribution < 1.29 is 9.63 Å². The number of hydrogen-bond acceptors (Lipinski definition) is 3. The van der Waals surface area contributed by atoms with E-state index in [0.29, 0.717) is 10.3 Å². The van der Waals surface area contributed by atoms with E-state index in [0.717, 1.165) is 4.85 Å². The summed E-state index contributed by atoms with van der Waals surface area (Å²) in [6, 6.07) is 10.7. The van der Waals surface area contributed by atoms with Crippen molar-refractivity contribution in [2.45, 2.75) is 0 Å². The molecule has 0 saturated carbocycles. The Morgan fingerprint density at radius 3 is 2.69 bits per heavy atom. The van der Waals surface area contributed by atoms with E-state index in [2.05, 4.69) is 26.3 Å². The van der Waals surface area contributed by atoms with Crippen LogP contribution in [-0.2, 0) is 0 Å². The van der Waals surface area contributed by atoms with Crippen LogP contribution >= 0.6 is 15.9 Å². The van der Waals surface area contributed by atoms with Gasteiger partial charge in [0.25, 0.3) is 0 Å². The highest BCUT2D eigenvalue weighted by Gasteiger charge is 2.06. The lowest BCUT2D eigenvalue weighted by Crippen LogP contribution is -2.25. The Kier molecular flexibility index (Phi) is 3.21. The maximum absolute atomic E-state index is 11.4. The number of carbonyl (C=O) groups is 1. The van der Waals surface area contributed by atoms with Crippen LogP contribution in [0.4, 0.5) is 10.5 Å². The van der Waals surface area contributed by atoms with Crippen LogP contribution in [0.15, 0.2) is 47.2 Å². The van der Waals surface area contributed by atoms with Crippen LogP contribution in [0.3, 0.4) is 0 Å². The first-order chi connectivity index (χ1) is 7.75. The quantitative estimate of drug-likeness (QED) is 0.919. The summed E-state index contributed by atoms with van der Waals surface area (Å²) in [7, 11) is 0. The van der Waals surface area contributed by atoms with Crippen molar-refractivity contribution in [3.05, 3.63) is 47.2 Å².